The topological polar surface area (TPSA) is 72.6 Å². The molecule has 14 heavy (non-hydrogen) atoms. The van der Waals surface area contributed by atoms with Crippen LogP contribution in [-0.4, -0.2) is 50.3 Å². The molecule has 0 aromatic rings. The minimum Gasteiger partial charge on any atom is -0.374 e. The van der Waals surface area contributed by atoms with E-state index in [1.807, 2.05) is 6.92 Å². The lowest BCUT2D eigenvalue weighted by atomic mass is 10.2. The molecule has 0 aromatic carbocycles. The number of rotatable bonds is 3. The summed E-state index contributed by atoms with van der Waals surface area (Å²) in [7, 11) is -3.09. The molecule has 1 heterocycles. The third-order valence-electron chi connectivity index (χ3n) is 2.40. The Kier molecular flexibility index (Phi) is 3.88. The fourth-order valence-electron chi connectivity index (χ4n) is 1.40. The summed E-state index contributed by atoms with van der Waals surface area (Å²) in [4.78, 5) is 0. The maximum Gasteiger partial charge on any atom is 0.213 e. The Labute approximate surface area is 85.3 Å². The van der Waals surface area contributed by atoms with Crippen molar-refractivity contribution < 1.29 is 13.2 Å². The highest BCUT2D eigenvalue weighted by Gasteiger charge is 2.29. The first kappa shape index (κ1) is 11.9. The summed E-state index contributed by atoms with van der Waals surface area (Å²) >= 11 is 0. The van der Waals surface area contributed by atoms with Crippen LogP contribution in [0.1, 0.15) is 13.8 Å². The zero-order valence-electron chi connectivity index (χ0n) is 8.64. The van der Waals surface area contributed by atoms with Gasteiger partial charge in [-0.25, -0.2) is 8.42 Å². The fraction of sp³-hybridized carbons (Fsp3) is 1.00. The first-order chi connectivity index (χ1) is 6.47. The van der Waals surface area contributed by atoms with Crippen molar-refractivity contribution in [3.8, 4) is 0 Å². The molecule has 2 N–H and O–H groups in total. The van der Waals surface area contributed by atoms with Gasteiger partial charge in [0.25, 0.3) is 0 Å². The molecule has 2 atom stereocenters. The van der Waals surface area contributed by atoms with Crippen molar-refractivity contribution in [2.45, 2.75) is 26.0 Å². The molecule has 84 valence electrons. The van der Waals surface area contributed by atoms with Gasteiger partial charge < -0.3 is 10.5 Å². The van der Waals surface area contributed by atoms with Crippen molar-refractivity contribution in [1.29, 1.82) is 0 Å². The molecule has 1 fully saturated rings. The van der Waals surface area contributed by atoms with E-state index in [4.69, 9.17) is 10.5 Å². The Morgan fingerprint density at radius 2 is 2.29 bits per heavy atom. The number of sulfonamides is 1. The van der Waals surface area contributed by atoms with Crippen LogP contribution in [0.5, 0.6) is 0 Å². The van der Waals surface area contributed by atoms with Crippen molar-refractivity contribution in [2.75, 3.05) is 25.4 Å². The lowest BCUT2D eigenvalue weighted by molar-refractivity contribution is -0.0119. The Hall–Kier alpha value is -0.170. The molecule has 1 aliphatic rings. The zero-order chi connectivity index (χ0) is 10.8. The first-order valence-electron chi connectivity index (χ1n) is 4.82. The second-order valence-corrected chi connectivity index (χ2v) is 5.78. The average Bonchev–Trinajstić information content (AvgIpc) is 2.18. The summed E-state index contributed by atoms with van der Waals surface area (Å²) in [6.45, 7) is 4.73. The predicted molar refractivity (Wildman–Crippen MR) is 54.4 cm³/mol. The molecule has 1 aliphatic heterocycles. The monoisotopic (exact) mass is 222 g/mol. The van der Waals surface area contributed by atoms with E-state index in [1.165, 1.54) is 4.31 Å². The van der Waals surface area contributed by atoms with Gasteiger partial charge in [0.15, 0.2) is 0 Å². The van der Waals surface area contributed by atoms with E-state index in [9.17, 15) is 8.42 Å². The highest BCUT2D eigenvalue weighted by atomic mass is 32.2. The number of nitrogens with two attached hydrogens (primary N) is 1. The fourth-order valence-corrected chi connectivity index (χ4v) is 2.50. The molecule has 1 saturated heterocycles. The number of hydrogen-bond acceptors (Lipinski definition) is 4. The number of nitrogens with zero attached hydrogens (tertiary/aromatic N) is 1. The second kappa shape index (κ2) is 4.57. The molecular weight excluding hydrogens is 204 g/mol. The lowest BCUT2D eigenvalue weighted by Gasteiger charge is -2.33. The van der Waals surface area contributed by atoms with Gasteiger partial charge in [0.1, 0.15) is 0 Å². The highest BCUT2D eigenvalue weighted by molar-refractivity contribution is 7.89. The third-order valence-corrected chi connectivity index (χ3v) is 4.25. The Balaban J connectivity index is 2.65. The Morgan fingerprint density at radius 1 is 1.64 bits per heavy atom. The van der Waals surface area contributed by atoms with Gasteiger partial charge in [-0.3, -0.25) is 0 Å². The maximum atomic E-state index is 11.6. The summed E-state index contributed by atoms with van der Waals surface area (Å²) < 4.78 is 29.9. The Bertz CT molecular complexity index is 276. The summed E-state index contributed by atoms with van der Waals surface area (Å²) in [6, 6.07) is -0.134. The van der Waals surface area contributed by atoms with Crippen LogP contribution in [0, 0.1) is 0 Å². The summed E-state index contributed by atoms with van der Waals surface area (Å²) in [5.74, 6) is 0.138. The van der Waals surface area contributed by atoms with E-state index in [0.29, 0.717) is 19.7 Å². The zero-order valence-corrected chi connectivity index (χ0v) is 9.46. The summed E-state index contributed by atoms with van der Waals surface area (Å²) in [5.41, 5.74) is 5.67. The van der Waals surface area contributed by atoms with Crippen LogP contribution in [0.15, 0.2) is 0 Å². The summed E-state index contributed by atoms with van der Waals surface area (Å²) in [5, 5.41) is 0. The van der Waals surface area contributed by atoms with Crippen molar-refractivity contribution in [2.24, 2.45) is 5.73 Å². The molecule has 5 nitrogen and oxygen atoms in total. The van der Waals surface area contributed by atoms with Crippen LogP contribution < -0.4 is 5.73 Å². The van der Waals surface area contributed by atoms with Crippen molar-refractivity contribution >= 4 is 10.0 Å². The molecule has 0 aliphatic carbocycles. The van der Waals surface area contributed by atoms with Crippen LogP contribution >= 0.6 is 0 Å². The van der Waals surface area contributed by atoms with Gasteiger partial charge in [0.05, 0.1) is 18.5 Å². The SMILES string of the molecule is CCS(=O)(=O)N1CCOC(C(C)N)C1. The number of ether oxygens (including phenoxy) is 1. The summed E-state index contributed by atoms with van der Waals surface area (Å²) in [6.07, 6.45) is -0.176. The van der Waals surface area contributed by atoms with E-state index in [0.717, 1.165) is 0 Å². The van der Waals surface area contributed by atoms with Gasteiger partial charge in [-0.05, 0) is 13.8 Å². The normalized spacial score (nSPS) is 27.5. The molecule has 0 radical (unpaired) electrons. The molecule has 0 saturated carbocycles. The van der Waals surface area contributed by atoms with Crippen LogP contribution in [-0.2, 0) is 14.8 Å². The van der Waals surface area contributed by atoms with Gasteiger partial charge >= 0.3 is 0 Å². The van der Waals surface area contributed by atoms with E-state index in [2.05, 4.69) is 0 Å². The van der Waals surface area contributed by atoms with Crippen molar-refractivity contribution in [1.82, 2.24) is 4.31 Å². The van der Waals surface area contributed by atoms with Gasteiger partial charge in [-0.1, -0.05) is 0 Å². The lowest BCUT2D eigenvalue weighted by Crippen LogP contribution is -2.51. The highest BCUT2D eigenvalue weighted by Crippen LogP contribution is 2.11. The van der Waals surface area contributed by atoms with E-state index in [1.54, 1.807) is 6.92 Å². The van der Waals surface area contributed by atoms with E-state index in [-0.39, 0.29) is 17.9 Å². The predicted octanol–water partition coefficient (Wildman–Crippen LogP) is -0.616. The minimum absolute atomic E-state index is 0.134. The van der Waals surface area contributed by atoms with Gasteiger partial charge in [0, 0.05) is 19.1 Å². The van der Waals surface area contributed by atoms with Crippen molar-refractivity contribution in [3.63, 3.8) is 0 Å². The molecule has 1 rings (SSSR count). The van der Waals surface area contributed by atoms with Gasteiger partial charge in [-0.15, -0.1) is 0 Å². The van der Waals surface area contributed by atoms with Crippen LogP contribution in [0.2, 0.25) is 0 Å². The quantitative estimate of drug-likeness (QED) is 0.691. The number of hydrogen-bond donors (Lipinski definition) is 1. The van der Waals surface area contributed by atoms with Crippen LogP contribution in [0.25, 0.3) is 0 Å². The van der Waals surface area contributed by atoms with Crippen LogP contribution in [0.4, 0.5) is 0 Å². The standard InChI is InChI=1S/C8H18N2O3S/c1-3-14(11,12)10-4-5-13-8(6-10)7(2)9/h7-8H,3-6,9H2,1-2H3. The van der Waals surface area contributed by atoms with Gasteiger partial charge in [0.2, 0.25) is 10.0 Å². The largest absolute Gasteiger partial charge is 0.374 e. The molecule has 0 amide bonds. The molecule has 0 spiro atoms. The second-order valence-electron chi connectivity index (χ2n) is 3.53. The van der Waals surface area contributed by atoms with Crippen molar-refractivity contribution in [3.05, 3.63) is 0 Å². The smallest absolute Gasteiger partial charge is 0.213 e. The molecule has 2 unspecified atom stereocenters. The molecule has 0 bridgehead atoms. The molecule has 6 heteroatoms. The van der Waals surface area contributed by atoms with E-state index >= 15 is 0 Å². The molecule has 0 aromatic heterocycles. The van der Waals surface area contributed by atoms with Gasteiger partial charge in [-0.2, -0.15) is 4.31 Å². The third kappa shape index (κ3) is 2.66. The minimum atomic E-state index is -3.09. The van der Waals surface area contributed by atoms with Crippen LogP contribution in [0.3, 0.4) is 0 Å². The average molecular weight is 222 g/mol. The first-order valence-corrected chi connectivity index (χ1v) is 6.43. The Morgan fingerprint density at radius 3 is 2.79 bits per heavy atom. The van der Waals surface area contributed by atoms with E-state index < -0.39 is 10.0 Å². The maximum absolute atomic E-state index is 11.6. The number of morpholine rings is 1. The molecular formula is C8H18N2O3S.